The second kappa shape index (κ2) is 7.48. The number of carbonyl (C=O) groups is 2. The lowest BCUT2D eigenvalue weighted by molar-refractivity contribution is -0.141. The van der Waals surface area contributed by atoms with E-state index in [1.165, 1.54) is 0 Å². The first kappa shape index (κ1) is 19.0. The van der Waals surface area contributed by atoms with Crippen molar-refractivity contribution in [3.8, 4) is 5.75 Å². The summed E-state index contributed by atoms with van der Waals surface area (Å²) in [5.74, 6) is -3.31. The molecule has 0 fully saturated rings. The molecule has 0 bridgehead atoms. The molecule has 1 rings (SSSR count). The predicted octanol–water partition coefficient (Wildman–Crippen LogP) is 4.38. The normalized spacial score (nSPS) is 13.0. The van der Waals surface area contributed by atoms with E-state index in [1.54, 1.807) is 6.92 Å². The molecule has 0 aliphatic rings. The van der Waals surface area contributed by atoms with Crippen molar-refractivity contribution in [1.82, 2.24) is 0 Å². The summed E-state index contributed by atoms with van der Waals surface area (Å²) in [5.41, 5.74) is -1.55. The van der Waals surface area contributed by atoms with Crippen LogP contribution in [0.3, 0.4) is 0 Å². The Kier molecular flexibility index (Phi) is 6.18. The monoisotopic (exact) mass is 332 g/mol. The molecule has 0 aliphatic carbocycles. The van der Waals surface area contributed by atoms with E-state index in [4.69, 9.17) is 9.84 Å². The average molecular weight is 332 g/mol. The summed E-state index contributed by atoms with van der Waals surface area (Å²) in [6, 6.07) is 1.97. The molecule has 4 nitrogen and oxygen atoms in total. The maximum absolute atomic E-state index is 12.7. The quantitative estimate of drug-likeness (QED) is 0.620. The van der Waals surface area contributed by atoms with Gasteiger partial charge in [0.1, 0.15) is 11.3 Å². The summed E-state index contributed by atoms with van der Waals surface area (Å²) in [6.07, 6.45) is -3.23. The summed E-state index contributed by atoms with van der Waals surface area (Å²) in [6.45, 7) is 5.41. The molecule has 0 saturated heterocycles. The molecule has 0 aromatic heterocycles. The van der Waals surface area contributed by atoms with Crippen LogP contribution in [0.1, 0.15) is 49.5 Å². The lowest BCUT2D eigenvalue weighted by Gasteiger charge is -2.20. The van der Waals surface area contributed by atoms with Gasteiger partial charge in [0.25, 0.3) is 0 Å². The Balaban J connectivity index is 3.14. The van der Waals surface area contributed by atoms with E-state index < -0.39 is 40.9 Å². The number of aromatic carboxylic acids is 1. The summed E-state index contributed by atoms with van der Waals surface area (Å²) in [7, 11) is 0. The third-order valence-corrected chi connectivity index (χ3v) is 3.88. The van der Waals surface area contributed by atoms with Crippen molar-refractivity contribution in [2.75, 3.05) is 0 Å². The van der Waals surface area contributed by atoms with Crippen molar-refractivity contribution in [2.45, 2.75) is 39.8 Å². The van der Waals surface area contributed by atoms with E-state index in [-0.39, 0.29) is 5.92 Å². The second-order valence-corrected chi connectivity index (χ2v) is 5.30. The van der Waals surface area contributed by atoms with Gasteiger partial charge in [-0.05, 0) is 24.1 Å². The van der Waals surface area contributed by atoms with Gasteiger partial charge in [-0.25, -0.2) is 4.79 Å². The second-order valence-electron chi connectivity index (χ2n) is 5.30. The summed E-state index contributed by atoms with van der Waals surface area (Å²) in [4.78, 5) is 23.2. The molecule has 1 N–H and O–H groups in total. The smallest absolute Gasteiger partial charge is 0.416 e. The van der Waals surface area contributed by atoms with Crippen molar-refractivity contribution < 1.29 is 32.6 Å². The highest BCUT2D eigenvalue weighted by molar-refractivity contribution is 5.92. The minimum atomic E-state index is -4.65. The van der Waals surface area contributed by atoms with Crippen molar-refractivity contribution in [1.29, 1.82) is 0 Å². The predicted molar refractivity (Wildman–Crippen MR) is 77.3 cm³/mol. The largest absolute Gasteiger partial charge is 0.478 e. The molecule has 0 aliphatic heterocycles. The number of hydrogen-bond donors (Lipinski definition) is 1. The van der Waals surface area contributed by atoms with Crippen LogP contribution in [-0.2, 0) is 11.0 Å². The van der Waals surface area contributed by atoms with Crippen molar-refractivity contribution in [3.05, 3.63) is 29.3 Å². The van der Waals surface area contributed by atoms with Gasteiger partial charge in [0.15, 0.2) is 0 Å². The highest BCUT2D eigenvalue weighted by Crippen LogP contribution is 2.34. The van der Waals surface area contributed by atoms with E-state index >= 15 is 0 Å². The number of benzene rings is 1. The number of ether oxygens (including phenoxy) is 1. The Bertz CT molecular complexity index is 577. The standard InChI is InChI=1S/C16H19F3O4/c1-4-10(5-2)9(3)15(22)23-13-8-11(16(17,18)19)6-7-12(13)14(20)21/h6-10H,4-5H2,1-3H3,(H,20,21). The van der Waals surface area contributed by atoms with Crippen LogP contribution in [0.4, 0.5) is 13.2 Å². The molecule has 0 spiro atoms. The molecule has 0 radical (unpaired) electrons. The number of carboxylic acid groups (broad SMARTS) is 1. The van der Waals surface area contributed by atoms with Crippen LogP contribution in [0.15, 0.2) is 18.2 Å². The first-order valence-electron chi connectivity index (χ1n) is 7.28. The molecule has 1 atom stereocenters. The van der Waals surface area contributed by atoms with Crippen molar-refractivity contribution in [2.24, 2.45) is 11.8 Å². The minimum absolute atomic E-state index is 0.0153. The van der Waals surface area contributed by atoms with Gasteiger partial charge in [-0.15, -0.1) is 0 Å². The minimum Gasteiger partial charge on any atom is -0.478 e. The fourth-order valence-electron chi connectivity index (χ4n) is 2.35. The molecule has 23 heavy (non-hydrogen) atoms. The van der Waals surface area contributed by atoms with E-state index in [9.17, 15) is 22.8 Å². The Hall–Kier alpha value is -2.05. The van der Waals surface area contributed by atoms with Crippen molar-refractivity contribution >= 4 is 11.9 Å². The molecule has 1 aromatic carbocycles. The third-order valence-electron chi connectivity index (χ3n) is 3.88. The van der Waals surface area contributed by atoms with Gasteiger partial charge in [-0.2, -0.15) is 13.2 Å². The van der Waals surface area contributed by atoms with Gasteiger partial charge in [0, 0.05) is 0 Å². The highest BCUT2D eigenvalue weighted by atomic mass is 19.4. The average Bonchev–Trinajstić information content (AvgIpc) is 2.47. The summed E-state index contributed by atoms with van der Waals surface area (Å²) < 4.78 is 43.2. The zero-order chi connectivity index (χ0) is 17.8. The molecule has 0 saturated carbocycles. The van der Waals surface area contributed by atoms with Crippen LogP contribution in [-0.4, -0.2) is 17.0 Å². The van der Waals surface area contributed by atoms with Gasteiger partial charge < -0.3 is 9.84 Å². The van der Waals surface area contributed by atoms with Crippen LogP contribution in [0.2, 0.25) is 0 Å². The molecule has 128 valence electrons. The molecule has 1 aromatic rings. The Morgan fingerprint density at radius 3 is 2.22 bits per heavy atom. The Morgan fingerprint density at radius 2 is 1.78 bits per heavy atom. The maximum Gasteiger partial charge on any atom is 0.416 e. The van der Waals surface area contributed by atoms with Gasteiger partial charge in [0.2, 0.25) is 0 Å². The number of carboxylic acids is 1. The maximum atomic E-state index is 12.7. The fraction of sp³-hybridized carbons (Fsp3) is 0.500. The molecule has 7 heteroatoms. The first-order chi connectivity index (χ1) is 10.6. The van der Waals surface area contributed by atoms with Gasteiger partial charge in [0.05, 0.1) is 11.5 Å². The van der Waals surface area contributed by atoms with Crippen LogP contribution in [0.25, 0.3) is 0 Å². The third kappa shape index (κ3) is 4.71. The number of carbonyl (C=O) groups excluding carboxylic acids is 1. The lowest BCUT2D eigenvalue weighted by Crippen LogP contribution is -2.25. The molecule has 1 unspecified atom stereocenters. The fourth-order valence-corrected chi connectivity index (χ4v) is 2.35. The molecule has 0 amide bonds. The summed E-state index contributed by atoms with van der Waals surface area (Å²) in [5, 5.41) is 9.04. The topological polar surface area (TPSA) is 63.6 Å². The van der Waals surface area contributed by atoms with E-state index in [0.29, 0.717) is 25.0 Å². The number of alkyl halides is 3. The van der Waals surface area contributed by atoms with Gasteiger partial charge in [-0.1, -0.05) is 33.6 Å². The van der Waals surface area contributed by atoms with E-state index in [1.807, 2.05) is 13.8 Å². The first-order valence-corrected chi connectivity index (χ1v) is 7.28. The SMILES string of the molecule is CCC(CC)C(C)C(=O)Oc1cc(C(F)(F)F)ccc1C(=O)O. The van der Waals surface area contributed by atoms with Crippen LogP contribution < -0.4 is 4.74 Å². The van der Waals surface area contributed by atoms with E-state index in [0.717, 1.165) is 6.07 Å². The van der Waals surface area contributed by atoms with E-state index in [2.05, 4.69) is 0 Å². The lowest BCUT2D eigenvalue weighted by atomic mass is 9.89. The molecule has 0 heterocycles. The highest BCUT2D eigenvalue weighted by Gasteiger charge is 2.33. The van der Waals surface area contributed by atoms with Gasteiger partial charge >= 0.3 is 18.1 Å². The number of rotatable bonds is 6. The Labute approximate surface area is 132 Å². The van der Waals surface area contributed by atoms with Crippen molar-refractivity contribution in [3.63, 3.8) is 0 Å². The van der Waals surface area contributed by atoms with Crippen LogP contribution >= 0.6 is 0 Å². The van der Waals surface area contributed by atoms with Gasteiger partial charge in [-0.3, -0.25) is 4.79 Å². The Morgan fingerprint density at radius 1 is 1.22 bits per heavy atom. The summed E-state index contributed by atoms with van der Waals surface area (Å²) >= 11 is 0. The number of esters is 1. The number of hydrogen-bond acceptors (Lipinski definition) is 3. The molecular formula is C16H19F3O4. The zero-order valence-corrected chi connectivity index (χ0v) is 13.1. The van der Waals surface area contributed by atoms with Crippen LogP contribution in [0, 0.1) is 11.8 Å². The molecular weight excluding hydrogens is 313 g/mol. The number of halogens is 3. The van der Waals surface area contributed by atoms with Crippen LogP contribution in [0.5, 0.6) is 5.75 Å². The zero-order valence-electron chi connectivity index (χ0n) is 13.1.